The average Bonchev–Trinajstić information content (AvgIpc) is 2.84. The van der Waals surface area contributed by atoms with Crippen LogP contribution in [-0.4, -0.2) is 36.6 Å². The number of halogens is 1. The number of rotatable bonds is 10. The van der Waals surface area contributed by atoms with Gasteiger partial charge in [0.1, 0.15) is 0 Å². The van der Waals surface area contributed by atoms with Crippen LogP contribution in [0.3, 0.4) is 0 Å². The molecule has 0 aliphatic rings. The van der Waals surface area contributed by atoms with E-state index in [4.69, 9.17) is 25.8 Å². The molecule has 0 atom stereocenters. The van der Waals surface area contributed by atoms with Gasteiger partial charge in [0.25, 0.3) is 5.91 Å². The lowest BCUT2D eigenvalue weighted by Crippen LogP contribution is -2.34. The van der Waals surface area contributed by atoms with E-state index < -0.39 is 12.6 Å². The molecule has 0 saturated carbocycles. The van der Waals surface area contributed by atoms with E-state index >= 15 is 0 Å². The van der Waals surface area contributed by atoms with Crippen molar-refractivity contribution in [3.8, 4) is 11.5 Å². The number of nitrogens with zero attached hydrogens (tertiary/aromatic N) is 1. The SMILES string of the molecule is COc1cc(C(=O)OCC(=O)N(Cc2ccccc2)Cc2ccccc2)cc(Cl)c1OC(C)C. The predicted molar refractivity (Wildman–Crippen MR) is 131 cm³/mol. The highest BCUT2D eigenvalue weighted by Crippen LogP contribution is 2.37. The van der Waals surface area contributed by atoms with Gasteiger partial charge in [-0.1, -0.05) is 72.3 Å². The molecular weight excluding hydrogens is 454 g/mol. The van der Waals surface area contributed by atoms with E-state index in [0.29, 0.717) is 24.6 Å². The minimum absolute atomic E-state index is 0.123. The molecule has 0 N–H and O–H groups in total. The first-order chi connectivity index (χ1) is 16.4. The molecule has 34 heavy (non-hydrogen) atoms. The molecule has 178 valence electrons. The van der Waals surface area contributed by atoms with E-state index in [1.165, 1.54) is 19.2 Å². The average molecular weight is 482 g/mol. The number of hydrogen-bond donors (Lipinski definition) is 0. The van der Waals surface area contributed by atoms with Crippen LogP contribution in [0.25, 0.3) is 0 Å². The summed E-state index contributed by atoms with van der Waals surface area (Å²) in [7, 11) is 1.46. The molecule has 0 aliphatic carbocycles. The van der Waals surface area contributed by atoms with Crippen LogP contribution in [0.5, 0.6) is 11.5 Å². The van der Waals surface area contributed by atoms with Crippen molar-refractivity contribution >= 4 is 23.5 Å². The minimum Gasteiger partial charge on any atom is -0.493 e. The maximum absolute atomic E-state index is 13.0. The zero-order valence-electron chi connectivity index (χ0n) is 19.5. The van der Waals surface area contributed by atoms with Gasteiger partial charge in [0.15, 0.2) is 18.1 Å². The van der Waals surface area contributed by atoms with Crippen LogP contribution in [0.1, 0.15) is 35.3 Å². The van der Waals surface area contributed by atoms with Crippen molar-refractivity contribution in [2.45, 2.75) is 33.0 Å². The Hall–Kier alpha value is -3.51. The number of methoxy groups -OCH3 is 1. The third-order valence-electron chi connectivity index (χ3n) is 4.93. The molecule has 0 aliphatic heterocycles. The fourth-order valence-corrected chi connectivity index (χ4v) is 3.58. The first-order valence-electron chi connectivity index (χ1n) is 10.9. The lowest BCUT2D eigenvalue weighted by Gasteiger charge is -2.23. The monoisotopic (exact) mass is 481 g/mol. The molecule has 3 aromatic rings. The second kappa shape index (κ2) is 12.1. The fourth-order valence-electron chi connectivity index (χ4n) is 3.33. The highest BCUT2D eigenvalue weighted by molar-refractivity contribution is 6.32. The van der Waals surface area contributed by atoms with Gasteiger partial charge in [-0.15, -0.1) is 0 Å². The lowest BCUT2D eigenvalue weighted by atomic mass is 10.1. The molecule has 0 aromatic heterocycles. The summed E-state index contributed by atoms with van der Waals surface area (Å²) < 4.78 is 16.3. The Morgan fingerprint density at radius 1 is 0.912 bits per heavy atom. The normalized spacial score (nSPS) is 10.6. The van der Waals surface area contributed by atoms with Gasteiger partial charge in [-0.3, -0.25) is 4.79 Å². The number of hydrogen-bond acceptors (Lipinski definition) is 5. The summed E-state index contributed by atoms with van der Waals surface area (Å²) in [6.45, 7) is 4.11. The number of esters is 1. The third-order valence-corrected chi connectivity index (χ3v) is 5.21. The largest absolute Gasteiger partial charge is 0.493 e. The molecule has 0 heterocycles. The van der Waals surface area contributed by atoms with E-state index in [1.54, 1.807) is 4.90 Å². The fraction of sp³-hybridized carbons (Fsp3) is 0.259. The molecular formula is C27H28ClNO5. The molecule has 0 spiro atoms. The highest BCUT2D eigenvalue weighted by atomic mass is 35.5. The van der Waals surface area contributed by atoms with Crippen molar-refractivity contribution in [1.82, 2.24) is 4.90 Å². The zero-order valence-corrected chi connectivity index (χ0v) is 20.2. The van der Waals surface area contributed by atoms with Gasteiger partial charge in [-0.25, -0.2) is 4.79 Å². The van der Waals surface area contributed by atoms with Crippen LogP contribution in [-0.2, 0) is 22.6 Å². The van der Waals surface area contributed by atoms with Gasteiger partial charge in [-0.05, 0) is 37.1 Å². The Bertz CT molecular complexity index is 1060. The van der Waals surface area contributed by atoms with Gasteiger partial charge >= 0.3 is 5.97 Å². The van der Waals surface area contributed by atoms with Crippen LogP contribution >= 0.6 is 11.6 Å². The summed E-state index contributed by atoms with van der Waals surface area (Å²) >= 11 is 6.31. The molecule has 3 aromatic carbocycles. The van der Waals surface area contributed by atoms with Crippen LogP contribution in [0.2, 0.25) is 5.02 Å². The second-order valence-electron chi connectivity index (χ2n) is 7.95. The van der Waals surface area contributed by atoms with E-state index in [-0.39, 0.29) is 22.6 Å². The van der Waals surface area contributed by atoms with Crippen LogP contribution in [0.15, 0.2) is 72.8 Å². The zero-order chi connectivity index (χ0) is 24.5. The van der Waals surface area contributed by atoms with Gasteiger partial charge < -0.3 is 19.1 Å². The summed E-state index contributed by atoms with van der Waals surface area (Å²) in [6, 6.07) is 22.3. The Morgan fingerprint density at radius 2 is 1.47 bits per heavy atom. The summed E-state index contributed by atoms with van der Waals surface area (Å²) in [5.41, 5.74) is 2.13. The summed E-state index contributed by atoms with van der Waals surface area (Å²) in [6.07, 6.45) is -0.123. The summed E-state index contributed by atoms with van der Waals surface area (Å²) in [5.74, 6) is -0.319. The molecule has 0 bridgehead atoms. The summed E-state index contributed by atoms with van der Waals surface area (Å²) in [5, 5.41) is 0.223. The van der Waals surface area contributed by atoms with Crippen molar-refractivity contribution in [2.75, 3.05) is 13.7 Å². The predicted octanol–water partition coefficient (Wildman–Crippen LogP) is 5.52. The lowest BCUT2D eigenvalue weighted by molar-refractivity contribution is -0.135. The van der Waals surface area contributed by atoms with Crippen LogP contribution in [0.4, 0.5) is 0 Å². The van der Waals surface area contributed by atoms with Crippen molar-refractivity contribution < 1.29 is 23.8 Å². The molecule has 6 nitrogen and oxygen atoms in total. The highest BCUT2D eigenvalue weighted by Gasteiger charge is 2.21. The van der Waals surface area contributed by atoms with Gasteiger partial charge in [0.2, 0.25) is 0 Å². The van der Waals surface area contributed by atoms with Gasteiger partial charge in [-0.2, -0.15) is 0 Å². The Morgan fingerprint density at radius 3 is 1.97 bits per heavy atom. The van der Waals surface area contributed by atoms with Crippen LogP contribution in [0, 0.1) is 0 Å². The smallest absolute Gasteiger partial charge is 0.338 e. The maximum atomic E-state index is 13.0. The third kappa shape index (κ3) is 6.99. The van der Waals surface area contributed by atoms with Gasteiger partial charge in [0.05, 0.1) is 23.8 Å². The Kier molecular flexibility index (Phi) is 8.93. The molecule has 0 saturated heterocycles. The van der Waals surface area contributed by atoms with Crippen molar-refractivity contribution in [2.24, 2.45) is 0 Å². The number of benzene rings is 3. The quantitative estimate of drug-likeness (QED) is 0.357. The van der Waals surface area contributed by atoms with Crippen molar-refractivity contribution in [1.29, 1.82) is 0 Å². The number of amides is 1. The van der Waals surface area contributed by atoms with Crippen molar-refractivity contribution in [3.05, 3.63) is 94.5 Å². The molecule has 1 amide bonds. The standard InChI is InChI=1S/C27H28ClNO5/c1-19(2)34-26-23(28)14-22(15-24(26)32-3)27(31)33-18-25(30)29(16-20-10-6-4-7-11-20)17-21-12-8-5-9-13-21/h4-15,19H,16-18H2,1-3H3. The van der Waals surface area contributed by atoms with E-state index in [2.05, 4.69) is 0 Å². The van der Waals surface area contributed by atoms with E-state index in [9.17, 15) is 9.59 Å². The topological polar surface area (TPSA) is 65.1 Å². The minimum atomic E-state index is -0.677. The number of carbonyl (C=O) groups is 2. The molecule has 3 rings (SSSR count). The van der Waals surface area contributed by atoms with Gasteiger partial charge in [0, 0.05) is 13.1 Å². The first-order valence-corrected chi connectivity index (χ1v) is 11.3. The first kappa shape index (κ1) is 25.1. The van der Waals surface area contributed by atoms with E-state index in [1.807, 2.05) is 74.5 Å². The maximum Gasteiger partial charge on any atom is 0.338 e. The number of ether oxygens (including phenoxy) is 3. The number of carbonyl (C=O) groups excluding carboxylic acids is 2. The molecule has 7 heteroatoms. The molecule has 0 radical (unpaired) electrons. The van der Waals surface area contributed by atoms with Crippen molar-refractivity contribution in [3.63, 3.8) is 0 Å². The summed E-state index contributed by atoms with van der Waals surface area (Å²) in [4.78, 5) is 27.4. The second-order valence-corrected chi connectivity index (χ2v) is 8.36. The Labute approximate surface area is 205 Å². The van der Waals surface area contributed by atoms with E-state index in [0.717, 1.165) is 11.1 Å². The molecule has 0 fully saturated rings. The van der Waals surface area contributed by atoms with Crippen LogP contribution < -0.4 is 9.47 Å². The Balaban J connectivity index is 1.71. The molecule has 0 unspecified atom stereocenters.